The monoisotopic (exact) mass is 284 g/mol. The topological polar surface area (TPSA) is 63.8 Å². The molecule has 4 nitrogen and oxygen atoms in total. The molecule has 0 saturated heterocycles. The zero-order valence-corrected chi connectivity index (χ0v) is 12.2. The molecule has 0 bridgehead atoms. The molecule has 3 aromatic rings. The van der Waals surface area contributed by atoms with Gasteiger partial charge in [0.1, 0.15) is 0 Å². The van der Waals surface area contributed by atoms with E-state index in [1.54, 1.807) is 17.5 Å². The lowest BCUT2D eigenvalue weighted by atomic mass is 10.2. The van der Waals surface area contributed by atoms with E-state index in [1.807, 2.05) is 37.3 Å². The highest BCUT2D eigenvalue weighted by molar-refractivity contribution is 7.18. The van der Waals surface area contributed by atoms with Gasteiger partial charge in [-0.15, -0.1) is 11.3 Å². The minimum Gasteiger partial charge on any atom is -0.397 e. The van der Waals surface area contributed by atoms with Crippen molar-refractivity contribution in [2.45, 2.75) is 19.9 Å². The quantitative estimate of drug-likeness (QED) is 0.719. The molecule has 1 aromatic carbocycles. The van der Waals surface area contributed by atoms with Crippen LogP contribution < -0.4 is 11.1 Å². The van der Waals surface area contributed by atoms with E-state index in [2.05, 4.69) is 22.2 Å². The van der Waals surface area contributed by atoms with Crippen molar-refractivity contribution in [2.24, 2.45) is 0 Å². The first kappa shape index (κ1) is 12.9. The number of anilines is 2. The molecule has 0 aliphatic carbocycles. The molecule has 3 rings (SSSR count). The number of nitrogen functional groups attached to an aromatic ring is 1. The predicted molar refractivity (Wildman–Crippen MR) is 85.0 cm³/mol. The van der Waals surface area contributed by atoms with Gasteiger partial charge in [0.05, 0.1) is 38.3 Å². The third kappa shape index (κ3) is 2.44. The molecule has 102 valence electrons. The second-order valence-corrected chi connectivity index (χ2v) is 6.00. The highest BCUT2D eigenvalue weighted by atomic mass is 32.1. The van der Waals surface area contributed by atoms with Crippen LogP contribution in [0.4, 0.5) is 11.4 Å². The Bertz CT molecular complexity index is 736. The first-order chi connectivity index (χ1) is 9.63. The number of hydrogen-bond donors (Lipinski definition) is 2. The first-order valence-electron chi connectivity index (χ1n) is 6.47. The molecule has 20 heavy (non-hydrogen) atoms. The summed E-state index contributed by atoms with van der Waals surface area (Å²) < 4.78 is 1.12. The van der Waals surface area contributed by atoms with E-state index in [1.165, 1.54) is 0 Å². The van der Waals surface area contributed by atoms with Crippen molar-refractivity contribution in [1.82, 2.24) is 9.97 Å². The Kier molecular flexibility index (Phi) is 3.28. The molecule has 3 N–H and O–H groups in total. The van der Waals surface area contributed by atoms with Gasteiger partial charge in [0.2, 0.25) is 0 Å². The maximum atomic E-state index is 6.12. The highest BCUT2D eigenvalue weighted by Gasteiger charge is 2.10. The van der Waals surface area contributed by atoms with Gasteiger partial charge in [-0.3, -0.25) is 4.98 Å². The van der Waals surface area contributed by atoms with E-state index in [-0.39, 0.29) is 6.04 Å². The van der Waals surface area contributed by atoms with Gasteiger partial charge < -0.3 is 11.1 Å². The number of aromatic nitrogens is 2. The number of nitrogens with two attached hydrogens (primary N) is 1. The predicted octanol–water partition coefficient (Wildman–Crippen LogP) is 3.76. The third-order valence-electron chi connectivity index (χ3n) is 3.17. The number of nitrogens with one attached hydrogen (secondary N) is 1. The van der Waals surface area contributed by atoms with E-state index in [0.717, 1.165) is 32.3 Å². The van der Waals surface area contributed by atoms with Gasteiger partial charge in [0.25, 0.3) is 0 Å². The summed E-state index contributed by atoms with van der Waals surface area (Å²) in [6.07, 6.45) is 1.80. The second-order valence-electron chi connectivity index (χ2n) is 4.76. The molecule has 0 saturated carbocycles. The number of benzene rings is 1. The normalized spacial score (nSPS) is 12.5. The van der Waals surface area contributed by atoms with Crippen molar-refractivity contribution in [2.75, 3.05) is 11.1 Å². The van der Waals surface area contributed by atoms with Gasteiger partial charge in [-0.05, 0) is 38.1 Å². The van der Waals surface area contributed by atoms with Crippen LogP contribution >= 0.6 is 11.3 Å². The van der Waals surface area contributed by atoms with Crippen LogP contribution in [0.25, 0.3) is 10.2 Å². The lowest BCUT2D eigenvalue weighted by Crippen LogP contribution is -2.09. The van der Waals surface area contributed by atoms with Gasteiger partial charge in [-0.25, -0.2) is 4.98 Å². The maximum absolute atomic E-state index is 6.12. The summed E-state index contributed by atoms with van der Waals surface area (Å²) in [6, 6.07) is 9.97. The molecule has 0 aliphatic heterocycles. The molecular weight excluding hydrogens is 268 g/mol. The van der Waals surface area contributed by atoms with Crippen LogP contribution in [0.15, 0.2) is 36.5 Å². The standard InChI is InChI=1S/C15H16N4S/c1-9(12-5-3-4-6-17-12)18-13-8-14-15(7-11(13)16)20-10(2)19-14/h3-9,18H,16H2,1-2H3. The molecule has 0 aliphatic rings. The molecule has 2 heterocycles. The van der Waals surface area contributed by atoms with E-state index >= 15 is 0 Å². The summed E-state index contributed by atoms with van der Waals surface area (Å²) in [4.78, 5) is 8.86. The fraction of sp³-hybridized carbons (Fsp3) is 0.200. The van der Waals surface area contributed by atoms with Crippen LogP contribution in [0.1, 0.15) is 23.7 Å². The van der Waals surface area contributed by atoms with Crippen LogP contribution in [0, 0.1) is 6.92 Å². The molecule has 0 radical (unpaired) electrons. The zero-order valence-electron chi connectivity index (χ0n) is 11.4. The van der Waals surface area contributed by atoms with Crippen molar-refractivity contribution in [3.63, 3.8) is 0 Å². The maximum Gasteiger partial charge on any atom is 0.0907 e. The first-order valence-corrected chi connectivity index (χ1v) is 7.29. The molecule has 5 heteroatoms. The average Bonchev–Trinajstić information content (AvgIpc) is 2.79. The Labute approximate surface area is 121 Å². The SMILES string of the molecule is Cc1nc2cc(NC(C)c3ccccn3)c(N)cc2s1. The average molecular weight is 284 g/mol. The number of thiazole rings is 1. The molecule has 1 atom stereocenters. The van der Waals surface area contributed by atoms with Crippen molar-refractivity contribution in [3.05, 3.63) is 47.2 Å². The van der Waals surface area contributed by atoms with Crippen LogP contribution in [0.3, 0.4) is 0 Å². The number of nitrogens with zero attached hydrogens (tertiary/aromatic N) is 2. The lowest BCUT2D eigenvalue weighted by molar-refractivity contribution is 0.840. The van der Waals surface area contributed by atoms with Gasteiger partial charge >= 0.3 is 0 Å². The van der Waals surface area contributed by atoms with Crippen LogP contribution in [-0.2, 0) is 0 Å². The summed E-state index contributed by atoms with van der Waals surface area (Å²) in [5.74, 6) is 0. The summed E-state index contributed by atoms with van der Waals surface area (Å²) in [6.45, 7) is 4.07. The van der Waals surface area contributed by atoms with Crippen molar-refractivity contribution >= 4 is 32.9 Å². The Balaban J connectivity index is 1.92. The Hall–Kier alpha value is -2.14. The van der Waals surface area contributed by atoms with Crippen LogP contribution in [-0.4, -0.2) is 9.97 Å². The number of pyridine rings is 1. The van der Waals surface area contributed by atoms with Gasteiger partial charge in [0, 0.05) is 6.20 Å². The Morgan fingerprint density at radius 3 is 2.90 bits per heavy atom. The third-order valence-corrected chi connectivity index (χ3v) is 4.10. The van der Waals surface area contributed by atoms with Crippen LogP contribution in [0.5, 0.6) is 0 Å². The van der Waals surface area contributed by atoms with E-state index in [4.69, 9.17) is 5.73 Å². The van der Waals surface area contributed by atoms with Gasteiger partial charge in [-0.1, -0.05) is 6.07 Å². The van der Waals surface area contributed by atoms with Crippen molar-refractivity contribution in [3.8, 4) is 0 Å². The van der Waals surface area contributed by atoms with E-state index in [0.29, 0.717) is 0 Å². The minimum atomic E-state index is 0.0932. The molecule has 0 spiro atoms. The van der Waals surface area contributed by atoms with Crippen molar-refractivity contribution in [1.29, 1.82) is 0 Å². The highest BCUT2D eigenvalue weighted by Crippen LogP contribution is 2.31. The largest absolute Gasteiger partial charge is 0.397 e. The fourth-order valence-corrected chi connectivity index (χ4v) is 3.03. The van der Waals surface area contributed by atoms with Crippen LogP contribution in [0.2, 0.25) is 0 Å². The summed E-state index contributed by atoms with van der Waals surface area (Å²) >= 11 is 1.66. The molecule has 2 aromatic heterocycles. The lowest BCUT2D eigenvalue weighted by Gasteiger charge is -2.16. The van der Waals surface area contributed by atoms with Gasteiger partial charge in [-0.2, -0.15) is 0 Å². The fourth-order valence-electron chi connectivity index (χ4n) is 2.17. The molecule has 0 amide bonds. The second kappa shape index (κ2) is 5.09. The molecule has 1 unspecified atom stereocenters. The molecular formula is C15H16N4S. The zero-order chi connectivity index (χ0) is 14.1. The van der Waals surface area contributed by atoms with E-state index < -0.39 is 0 Å². The van der Waals surface area contributed by atoms with Gasteiger partial charge in [0.15, 0.2) is 0 Å². The smallest absolute Gasteiger partial charge is 0.0907 e. The number of hydrogen-bond acceptors (Lipinski definition) is 5. The number of rotatable bonds is 3. The minimum absolute atomic E-state index is 0.0932. The van der Waals surface area contributed by atoms with E-state index in [9.17, 15) is 0 Å². The number of aryl methyl sites for hydroxylation is 1. The summed E-state index contributed by atoms with van der Waals surface area (Å²) in [5.41, 5.74) is 9.73. The van der Waals surface area contributed by atoms with Crippen molar-refractivity contribution < 1.29 is 0 Å². The Morgan fingerprint density at radius 1 is 1.30 bits per heavy atom. The Morgan fingerprint density at radius 2 is 2.15 bits per heavy atom. The summed E-state index contributed by atoms with van der Waals surface area (Å²) in [5, 5.41) is 4.46. The summed E-state index contributed by atoms with van der Waals surface area (Å²) in [7, 11) is 0. The number of fused-ring (bicyclic) bond motifs is 1. The molecule has 0 fully saturated rings.